The van der Waals surface area contributed by atoms with E-state index in [0.717, 1.165) is 11.3 Å². The monoisotopic (exact) mass is 460 g/mol. The van der Waals surface area contributed by atoms with Crippen molar-refractivity contribution in [2.75, 3.05) is 24.4 Å². The van der Waals surface area contributed by atoms with Gasteiger partial charge in [-0.2, -0.15) is 0 Å². The molecule has 0 aliphatic carbocycles. The standard InChI is InChI=1S/C26H24N2O6/c1-3-33-26(31)34-21-15-11-19(12-16-21)25(30)28-23-7-5-4-6-22(23)27-24(29)17-10-18-8-13-20(32-2)14-9-18/h4-17H,3H2,1-2H3,(H,27,29)(H,28,30)/b17-10+. The van der Waals surface area contributed by atoms with Crippen LogP contribution in [-0.2, 0) is 9.53 Å². The van der Waals surface area contributed by atoms with Crippen molar-refractivity contribution in [1.29, 1.82) is 0 Å². The van der Waals surface area contributed by atoms with Crippen LogP contribution >= 0.6 is 0 Å². The highest BCUT2D eigenvalue weighted by Crippen LogP contribution is 2.23. The molecule has 0 heterocycles. The van der Waals surface area contributed by atoms with Crippen molar-refractivity contribution < 1.29 is 28.6 Å². The number of benzene rings is 3. The first-order valence-electron chi connectivity index (χ1n) is 10.5. The minimum Gasteiger partial charge on any atom is -0.497 e. The fourth-order valence-electron chi connectivity index (χ4n) is 2.87. The molecule has 3 rings (SSSR count). The van der Waals surface area contributed by atoms with Crippen LogP contribution in [0.25, 0.3) is 6.08 Å². The van der Waals surface area contributed by atoms with Gasteiger partial charge in [-0.25, -0.2) is 4.79 Å². The lowest BCUT2D eigenvalue weighted by atomic mass is 10.2. The molecule has 0 saturated carbocycles. The number of anilines is 2. The molecule has 0 radical (unpaired) electrons. The van der Waals surface area contributed by atoms with Crippen LogP contribution in [0.5, 0.6) is 11.5 Å². The van der Waals surface area contributed by atoms with Crippen LogP contribution in [0.15, 0.2) is 78.9 Å². The Labute approximate surface area is 197 Å². The molecule has 0 aromatic heterocycles. The summed E-state index contributed by atoms with van der Waals surface area (Å²) < 4.78 is 14.8. The van der Waals surface area contributed by atoms with E-state index in [-0.39, 0.29) is 18.3 Å². The van der Waals surface area contributed by atoms with Gasteiger partial charge in [-0.15, -0.1) is 0 Å². The molecule has 2 N–H and O–H groups in total. The van der Waals surface area contributed by atoms with Gasteiger partial charge in [-0.1, -0.05) is 24.3 Å². The molecule has 34 heavy (non-hydrogen) atoms. The van der Waals surface area contributed by atoms with Gasteiger partial charge < -0.3 is 24.8 Å². The molecule has 0 aliphatic rings. The van der Waals surface area contributed by atoms with Gasteiger partial charge in [0.15, 0.2) is 0 Å². The van der Waals surface area contributed by atoms with Crippen LogP contribution in [0.3, 0.4) is 0 Å². The van der Waals surface area contributed by atoms with Crippen molar-refractivity contribution in [2.24, 2.45) is 0 Å². The van der Waals surface area contributed by atoms with Gasteiger partial charge in [0.2, 0.25) is 5.91 Å². The molecule has 3 aromatic carbocycles. The van der Waals surface area contributed by atoms with E-state index in [2.05, 4.69) is 10.6 Å². The Bertz CT molecular complexity index is 1170. The number of carbonyl (C=O) groups excluding carboxylic acids is 3. The molecular formula is C26H24N2O6. The lowest BCUT2D eigenvalue weighted by Gasteiger charge is -2.12. The summed E-state index contributed by atoms with van der Waals surface area (Å²) >= 11 is 0. The summed E-state index contributed by atoms with van der Waals surface area (Å²) in [4.78, 5) is 36.5. The number of ether oxygens (including phenoxy) is 3. The first-order chi connectivity index (χ1) is 16.5. The zero-order valence-electron chi connectivity index (χ0n) is 18.7. The van der Waals surface area contributed by atoms with Gasteiger partial charge in [0.1, 0.15) is 11.5 Å². The maximum atomic E-state index is 12.7. The Kier molecular flexibility index (Phi) is 8.40. The second-order valence-electron chi connectivity index (χ2n) is 6.90. The van der Waals surface area contributed by atoms with Crippen LogP contribution in [-0.4, -0.2) is 31.7 Å². The van der Waals surface area contributed by atoms with E-state index in [4.69, 9.17) is 14.2 Å². The van der Waals surface area contributed by atoms with Crippen molar-refractivity contribution in [2.45, 2.75) is 6.92 Å². The van der Waals surface area contributed by atoms with Crippen molar-refractivity contribution >= 4 is 35.4 Å². The molecule has 0 spiro atoms. The summed E-state index contributed by atoms with van der Waals surface area (Å²) in [5.41, 5.74) is 2.07. The predicted octanol–water partition coefficient (Wildman–Crippen LogP) is 5.13. The van der Waals surface area contributed by atoms with Gasteiger partial charge >= 0.3 is 6.16 Å². The van der Waals surface area contributed by atoms with E-state index in [1.54, 1.807) is 56.5 Å². The SMILES string of the molecule is CCOC(=O)Oc1ccc(C(=O)Nc2ccccc2NC(=O)/C=C/c2ccc(OC)cc2)cc1. The average molecular weight is 460 g/mol. The minimum absolute atomic E-state index is 0.201. The molecule has 0 bridgehead atoms. The van der Waals surface area contributed by atoms with Crippen molar-refractivity contribution in [1.82, 2.24) is 0 Å². The highest BCUT2D eigenvalue weighted by atomic mass is 16.7. The summed E-state index contributed by atoms with van der Waals surface area (Å²) in [5, 5.41) is 5.54. The predicted molar refractivity (Wildman–Crippen MR) is 129 cm³/mol. The highest BCUT2D eigenvalue weighted by molar-refractivity contribution is 6.09. The largest absolute Gasteiger partial charge is 0.513 e. The molecule has 3 aromatic rings. The number of methoxy groups -OCH3 is 1. The highest BCUT2D eigenvalue weighted by Gasteiger charge is 2.11. The molecule has 0 fully saturated rings. The van der Waals surface area contributed by atoms with Crippen LogP contribution in [0.4, 0.5) is 16.2 Å². The molecule has 0 aliphatic heterocycles. The lowest BCUT2D eigenvalue weighted by Crippen LogP contribution is -2.15. The number of para-hydroxylation sites is 2. The van der Waals surface area contributed by atoms with E-state index in [0.29, 0.717) is 16.9 Å². The van der Waals surface area contributed by atoms with Crippen molar-refractivity contribution in [3.8, 4) is 11.5 Å². The zero-order chi connectivity index (χ0) is 24.3. The first kappa shape index (κ1) is 24.1. The Morgan fingerprint density at radius 1 is 0.824 bits per heavy atom. The number of carbonyl (C=O) groups is 3. The number of hydrogen-bond donors (Lipinski definition) is 2. The Hall–Kier alpha value is -4.59. The van der Waals surface area contributed by atoms with Gasteiger partial charge in [0.05, 0.1) is 25.1 Å². The lowest BCUT2D eigenvalue weighted by molar-refractivity contribution is -0.111. The Morgan fingerprint density at radius 3 is 2.06 bits per heavy atom. The first-order valence-corrected chi connectivity index (χ1v) is 10.5. The zero-order valence-corrected chi connectivity index (χ0v) is 18.7. The van der Waals surface area contributed by atoms with E-state index in [9.17, 15) is 14.4 Å². The van der Waals surface area contributed by atoms with Crippen LogP contribution < -0.4 is 20.1 Å². The third-order valence-corrected chi connectivity index (χ3v) is 4.56. The van der Waals surface area contributed by atoms with Gasteiger partial charge in [-0.3, -0.25) is 9.59 Å². The molecule has 0 saturated heterocycles. The molecule has 0 unspecified atom stereocenters. The molecule has 8 nitrogen and oxygen atoms in total. The van der Waals surface area contributed by atoms with E-state index < -0.39 is 12.1 Å². The summed E-state index contributed by atoms with van der Waals surface area (Å²) in [6.07, 6.45) is 2.27. The normalized spacial score (nSPS) is 10.4. The van der Waals surface area contributed by atoms with Gasteiger partial charge in [0, 0.05) is 11.6 Å². The van der Waals surface area contributed by atoms with E-state index in [1.165, 1.54) is 30.3 Å². The quantitative estimate of drug-likeness (QED) is 0.274. The van der Waals surface area contributed by atoms with Crippen LogP contribution in [0.2, 0.25) is 0 Å². The third-order valence-electron chi connectivity index (χ3n) is 4.56. The van der Waals surface area contributed by atoms with Crippen molar-refractivity contribution in [3.05, 3.63) is 90.0 Å². The molecule has 174 valence electrons. The number of hydrogen-bond acceptors (Lipinski definition) is 6. The molecule has 8 heteroatoms. The Balaban J connectivity index is 1.63. The maximum Gasteiger partial charge on any atom is 0.513 e. The topological polar surface area (TPSA) is 103 Å². The summed E-state index contributed by atoms with van der Waals surface area (Å²) in [5.74, 6) is 0.245. The fraction of sp³-hybridized carbons (Fsp3) is 0.115. The summed E-state index contributed by atoms with van der Waals surface area (Å²) in [7, 11) is 1.59. The minimum atomic E-state index is -0.814. The summed E-state index contributed by atoms with van der Waals surface area (Å²) in [6, 6.07) is 20.1. The van der Waals surface area contributed by atoms with Crippen molar-refractivity contribution in [3.63, 3.8) is 0 Å². The summed E-state index contributed by atoms with van der Waals surface area (Å²) in [6.45, 7) is 1.87. The van der Waals surface area contributed by atoms with Crippen LogP contribution in [0.1, 0.15) is 22.8 Å². The number of rotatable bonds is 8. The fourth-order valence-corrected chi connectivity index (χ4v) is 2.87. The van der Waals surface area contributed by atoms with E-state index >= 15 is 0 Å². The molecular weight excluding hydrogens is 436 g/mol. The average Bonchev–Trinajstić information content (AvgIpc) is 2.85. The molecule has 2 amide bonds. The maximum absolute atomic E-state index is 12.7. The second-order valence-corrected chi connectivity index (χ2v) is 6.90. The van der Waals surface area contributed by atoms with Gasteiger partial charge in [-0.05, 0) is 67.1 Å². The van der Waals surface area contributed by atoms with E-state index in [1.807, 2.05) is 12.1 Å². The number of amides is 2. The Morgan fingerprint density at radius 2 is 1.44 bits per heavy atom. The third kappa shape index (κ3) is 6.96. The van der Waals surface area contributed by atoms with Crippen LogP contribution in [0, 0.1) is 0 Å². The van der Waals surface area contributed by atoms with Gasteiger partial charge in [0.25, 0.3) is 5.91 Å². The number of nitrogens with one attached hydrogen (secondary N) is 2. The smallest absolute Gasteiger partial charge is 0.497 e. The second kappa shape index (κ2) is 11.9. The molecule has 0 atom stereocenters.